The second-order valence-corrected chi connectivity index (χ2v) is 7.39. The number of hydrogen-bond acceptors (Lipinski definition) is 1. The van der Waals surface area contributed by atoms with Gasteiger partial charge in [-0.25, -0.2) is 8.78 Å². The summed E-state index contributed by atoms with van der Waals surface area (Å²) in [6.45, 7) is 0. The van der Waals surface area contributed by atoms with Crippen LogP contribution in [0.4, 0.5) is 96.6 Å². The van der Waals surface area contributed by atoms with Crippen LogP contribution in [0, 0.1) is 0 Å². The Balaban J connectivity index is 3.14. The molecular formula is C13F22O. The zero-order valence-electron chi connectivity index (χ0n) is 15.2. The van der Waals surface area contributed by atoms with E-state index in [1.807, 2.05) is 0 Å². The van der Waals surface area contributed by atoms with Gasteiger partial charge in [-0.05, 0) is 0 Å². The Kier molecular flexibility index (Phi) is 5.39. The van der Waals surface area contributed by atoms with Crippen molar-refractivity contribution in [1.82, 2.24) is 0 Å². The maximum Gasteiger partial charge on any atom is 0.384 e. The molecule has 2 rings (SSSR count). The largest absolute Gasteiger partial charge is 0.384 e. The molecule has 0 saturated heterocycles. The number of carbonyl (C=O) groups excluding carboxylic acids is 1. The molecule has 0 N–H and O–H groups in total. The standard InChI is InChI=1S/C13F22O/c14-2(4(16,17)8(24,25)12(32,33)9(26,27)5(2,18)19)1(36)3(15)6(20,21)10(28,29)13(34,35)11(30,31)7(3,22)23. The average molecular weight is 590 g/mol. The third-order valence-corrected chi connectivity index (χ3v) is 5.51. The van der Waals surface area contributed by atoms with E-state index in [0.29, 0.717) is 0 Å². The van der Waals surface area contributed by atoms with E-state index in [-0.39, 0.29) is 0 Å². The molecule has 0 heterocycles. The lowest BCUT2D eigenvalue weighted by molar-refractivity contribution is -0.490. The number of halogens is 22. The van der Waals surface area contributed by atoms with Crippen LogP contribution in [0.5, 0.6) is 0 Å². The Morgan fingerprint density at radius 1 is 0.250 bits per heavy atom. The second-order valence-electron chi connectivity index (χ2n) is 7.39. The molecule has 1 nitrogen and oxygen atoms in total. The molecule has 0 amide bonds. The summed E-state index contributed by atoms with van der Waals surface area (Å²) < 4.78 is 298. The van der Waals surface area contributed by atoms with Gasteiger partial charge < -0.3 is 0 Å². The molecule has 0 atom stereocenters. The van der Waals surface area contributed by atoms with Gasteiger partial charge >= 0.3 is 70.6 Å². The maximum absolute atomic E-state index is 14.5. The highest BCUT2D eigenvalue weighted by atomic mass is 19.4. The zero-order valence-corrected chi connectivity index (χ0v) is 15.2. The van der Waals surface area contributed by atoms with Crippen molar-refractivity contribution < 1.29 is 101 Å². The lowest BCUT2D eigenvalue weighted by atomic mass is 9.61. The molecule has 2 aliphatic carbocycles. The van der Waals surface area contributed by atoms with Crippen LogP contribution in [0.2, 0.25) is 0 Å². The van der Waals surface area contributed by atoms with Crippen molar-refractivity contribution in [2.75, 3.05) is 0 Å². The first kappa shape index (κ1) is 30.4. The van der Waals surface area contributed by atoms with Gasteiger partial charge in [0.2, 0.25) is 5.78 Å². The summed E-state index contributed by atoms with van der Waals surface area (Å²) in [7, 11) is 0. The molecule has 2 aliphatic rings. The first-order valence-corrected chi connectivity index (χ1v) is 7.86. The Labute approximate surface area is 179 Å². The van der Waals surface area contributed by atoms with E-state index in [9.17, 15) is 101 Å². The number of ketones is 1. The summed E-state index contributed by atoms with van der Waals surface area (Å²) in [4.78, 5) is 11.5. The van der Waals surface area contributed by atoms with Gasteiger partial charge in [0.15, 0.2) is 0 Å². The van der Waals surface area contributed by atoms with E-state index in [1.165, 1.54) is 0 Å². The van der Waals surface area contributed by atoms with Gasteiger partial charge in [0.05, 0.1) is 0 Å². The number of carbonyl (C=O) groups is 1. The van der Waals surface area contributed by atoms with Crippen LogP contribution < -0.4 is 0 Å². The number of rotatable bonds is 2. The van der Waals surface area contributed by atoms with Gasteiger partial charge in [0.1, 0.15) is 0 Å². The van der Waals surface area contributed by atoms with Gasteiger partial charge in [-0.3, -0.25) is 4.79 Å². The fourth-order valence-electron chi connectivity index (χ4n) is 3.25. The average Bonchev–Trinajstić information content (AvgIpc) is 2.68. The molecule has 36 heavy (non-hydrogen) atoms. The van der Waals surface area contributed by atoms with Crippen molar-refractivity contribution in [2.24, 2.45) is 0 Å². The van der Waals surface area contributed by atoms with E-state index in [2.05, 4.69) is 0 Å². The van der Waals surface area contributed by atoms with Crippen molar-refractivity contribution >= 4 is 5.78 Å². The summed E-state index contributed by atoms with van der Waals surface area (Å²) in [6, 6.07) is 0. The van der Waals surface area contributed by atoms with E-state index in [1.54, 1.807) is 0 Å². The molecule has 0 bridgehead atoms. The lowest BCUT2D eigenvalue weighted by Crippen LogP contribution is -2.91. The summed E-state index contributed by atoms with van der Waals surface area (Å²) in [5.74, 6) is -92.2. The maximum atomic E-state index is 14.5. The third kappa shape index (κ3) is 2.23. The molecule has 212 valence electrons. The molecule has 2 fully saturated rings. The molecule has 0 unspecified atom stereocenters. The zero-order chi connectivity index (χ0) is 29.6. The van der Waals surface area contributed by atoms with Crippen LogP contribution in [0.15, 0.2) is 0 Å². The smallest absolute Gasteiger partial charge is 0.291 e. The van der Waals surface area contributed by atoms with E-state index < -0.39 is 76.3 Å². The number of Topliss-reactive ketones (excluding diaryl/α,β-unsaturated/α-hetero) is 1. The van der Waals surface area contributed by atoms with Crippen LogP contribution >= 0.6 is 0 Å². The number of alkyl halides is 22. The third-order valence-electron chi connectivity index (χ3n) is 5.51. The van der Waals surface area contributed by atoms with Gasteiger partial charge in [-0.15, -0.1) is 0 Å². The van der Waals surface area contributed by atoms with Crippen molar-refractivity contribution in [3.63, 3.8) is 0 Å². The highest BCUT2D eigenvalue weighted by molar-refractivity contribution is 6.00. The quantitative estimate of drug-likeness (QED) is 0.343. The van der Waals surface area contributed by atoms with E-state index in [4.69, 9.17) is 0 Å². The molecule has 0 spiro atoms. The van der Waals surface area contributed by atoms with Gasteiger partial charge in [-0.1, -0.05) is 0 Å². The van der Waals surface area contributed by atoms with Gasteiger partial charge in [0.25, 0.3) is 0 Å². The Morgan fingerprint density at radius 3 is 0.500 bits per heavy atom. The highest BCUT2D eigenvalue weighted by Crippen LogP contribution is 2.74. The predicted molar refractivity (Wildman–Crippen MR) is 62.2 cm³/mol. The summed E-state index contributed by atoms with van der Waals surface area (Å²) in [5.41, 5.74) is -17.9. The molecule has 0 aromatic carbocycles. The SMILES string of the molecule is O=C(C1(F)C(F)(F)C(F)(F)C(F)(F)C(F)(F)C1(F)F)C1(F)C(F)(F)C(F)(F)C(F)(F)C(F)(F)C1(F)F. The predicted octanol–water partition coefficient (Wildman–Crippen LogP) is 6.35. The van der Waals surface area contributed by atoms with E-state index in [0.717, 1.165) is 0 Å². The molecule has 0 aromatic heterocycles. The van der Waals surface area contributed by atoms with E-state index >= 15 is 0 Å². The molecule has 23 heteroatoms. The fourth-order valence-corrected chi connectivity index (χ4v) is 3.25. The number of hydrogen-bond donors (Lipinski definition) is 0. The normalized spacial score (nSPS) is 34.4. The van der Waals surface area contributed by atoms with Crippen molar-refractivity contribution in [3.05, 3.63) is 0 Å². The Morgan fingerprint density at radius 2 is 0.361 bits per heavy atom. The summed E-state index contributed by atoms with van der Waals surface area (Å²) in [6.07, 6.45) is 0. The first-order valence-electron chi connectivity index (χ1n) is 7.86. The molecule has 0 aromatic rings. The molecule has 2 saturated carbocycles. The molecular weight excluding hydrogens is 590 g/mol. The lowest BCUT2D eigenvalue weighted by Gasteiger charge is -2.56. The minimum atomic E-state index is -8.94. The first-order chi connectivity index (χ1) is 15.2. The van der Waals surface area contributed by atoms with Crippen LogP contribution in [-0.2, 0) is 4.79 Å². The van der Waals surface area contributed by atoms with Crippen LogP contribution in [0.3, 0.4) is 0 Å². The van der Waals surface area contributed by atoms with Crippen molar-refractivity contribution in [2.45, 2.75) is 70.6 Å². The highest BCUT2D eigenvalue weighted by Gasteiger charge is 3.09. The Bertz CT molecular complexity index is 836. The second kappa shape index (κ2) is 6.40. The van der Waals surface area contributed by atoms with Gasteiger partial charge in [-0.2, -0.15) is 87.8 Å². The Hall–Kier alpha value is -1.87. The van der Waals surface area contributed by atoms with Gasteiger partial charge in [0, 0.05) is 0 Å². The molecule has 0 radical (unpaired) electrons. The van der Waals surface area contributed by atoms with Crippen LogP contribution in [-0.4, -0.2) is 76.3 Å². The van der Waals surface area contributed by atoms with Crippen molar-refractivity contribution in [1.29, 1.82) is 0 Å². The monoisotopic (exact) mass is 590 g/mol. The van der Waals surface area contributed by atoms with Crippen LogP contribution in [0.1, 0.15) is 0 Å². The minimum Gasteiger partial charge on any atom is -0.291 e. The molecule has 0 aliphatic heterocycles. The minimum absolute atomic E-state index is 6.44. The van der Waals surface area contributed by atoms with Crippen molar-refractivity contribution in [3.8, 4) is 0 Å². The fraction of sp³-hybridized carbons (Fsp3) is 0.923. The van der Waals surface area contributed by atoms with Crippen LogP contribution in [0.25, 0.3) is 0 Å². The summed E-state index contributed by atoms with van der Waals surface area (Å²) >= 11 is 0. The topological polar surface area (TPSA) is 17.1 Å². The summed E-state index contributed by atoms with van der Waals surface area (Å²) in [5, 5.41) is 0.